The second kappa shape index (κ2) is 8.29. The molecule has 4 rings (SSSR count). The Balaban J connectivity index is 1.44. The Morgan fingerprint density at radius 1 is 1.34 bits per heavy atom. The first-order valence-electron chi connectivity index (χ1n) is 8.62. The van der Waals surface area contributed by atoms with Crippen molar-refractivity contribution in [3.8, 4) is 5.69 Å². The monoisotopic (exact) mass is 424 g/mol. The summed E-state index contributed by atoms with van der Waals surface area (Å²) in [6.07, 6.45) is 3.66. The molecule has 0 atom stereocenters. The number of carbonyl (C=O) groups is 1. The lowest BCUT2D eigenvalue weighted by Gasteiger charge is -2.01. The van der Waals surface area contributed by atoms with Crippen molar-refractivity contribution < 1.29 is 4.79 Å². The molecule has 3 aromatic heterocycles. The number of aromatic nitrogens is 7. The number of nitrogens with zero attached hydrogens (tertiary/aromatic N) is 6. The van der Waals surface area contributed by atoms with Crippen molar-refractivity contribution in [2.75, 3.05) is 5.32 Å². The van der Waals surface area contributed by atoms with Gasteiger partial charge in [-0.2, -0.15) is 15.0 Å². The quantitative estimate of drug-likeness (QED) is 0.349. The SMILES string of the molecule is C=CCn1c(Cc2csc(NC(=O)c3cnn(-c4ccccc4)n3)n2)n[nH]c1=S. The highest BCUT2D eigenvalue weighted by Gasteiger charge is 2.15. The number of anilines is 1. The molecule has 0 spiro atoms. The molecule has 9 nitrogen and oxygen atoms in total. The van der Waals surface area contributed by atoms with E-state index >= 15 is 0 Å². The zero-order valence-electron chi connectivity index (χ0n) is 15.1. The van der Waals surface area contributed by atoms with Crippen molar-refractivity contribution >= 4 is 34.6 Å². The van der Waals surface area contributed by atoms with Gasteiger partial charge in [0.2, 0.25) is 0 Å². The van der Waals surface area contributed by atoms with Crippen LogP contribution in [0.1, 0.15) is 22.0 Å². The highest BCUT2D eigenvalue weighted by Crippen LogP contribution is 2.18. The number of aromatic amines is 1. The van der Waals surface area contributed by atoms with E-state index in [1.807, 2.05) is 40.3 Å². The third-order valence-electron chi connectivity index (χ3n) is 3.97. The molecular weight excluding hydrogens is 408 g/mol. The molecule has 0 saturated heterocycles. The molecule has 0 aliphatic heterocycles. The second-order valence-corrected chi connectivity index (χ2v) is 7.22. The average Bonchev–Trinajstić information content (AvgIpc) is 3.46. The van der Waals surface area contributed by atoms with Crippen LogP contribution in [0, 0.1) is 4.77 Å². The van der Waals surface area contributed by atoms with Gasteiger partial charge in [-0.1, -0.05) is 24.3 Å². The standard InChI is InChI=1S/C18H16N8OS2/c1-2-8-25-15(22-23-18(25)28)9-12-11-29-17(20-12)21-16(27)14-10-19-26(24-14)13-6-4-3-5-7-13/h2-7,10-11H,1,8-9H2,(H,23,28)(H,20,21,27). The van der Waals surface area contributed by atoms with Crippen LogP contribution in [0.4, 0.5) is 5.13 Å². The summed E-state index contributed by atoms with van der Waals surface area (Å²) >= 11 is 6.55. The maximum atomic E-state index is 12.5. The first-order chi connectivity index (χ1) is 14.1. The number of para-hydroxylation sites is 1. The lowest BCUT2D eigenvalue weighted by molar-refractivity contribution is 0.102. The van der Waals surface area contributed by atoms with Crippen LogP contribution in [0.5, 0.6) is 0 Å². The predicted molar refractivity (Wildman–Crippen MR) is 112 cm³/mol. The highest BCUT2D eigenvalue weighted by atomic mass is 32.1. The van der Waals surface area contributed by atoms with Crippen molar-refractivity contribution in [1.29, 1.82) is 0 Å². The number of amides is 1. The first kappa shape index (κ1) is 18.9. The minimum Gasteiger partial charge on any atom is -0.300 e. The highest BCUT2D eigenvalue weighted by molar-refractivity contribution is 7.71. The predicted octanol–water partition coefficient (Wildman–Crippen LogP) is 3.01. The van der Waals surface area contributed by atoms with E-state index in [1.54, 1.807) is 6.08 Å². The van der Waals surface area contributed by atoms with Gasteiger partial charge in [-0.3, -0.25) is 19.8 Å². The molecule has 0 unspecified atom stereocenters. The van der Waals surface area contributed by atoms with Crippen LogP contribution in [0.3, 0.4) is 0 Å². The van der Waals surface area contributed by atoms with Gasteiger partial charge >= 0.3 is 0 Å². The Bertz CT molecular complexity index is 1200. The molecule has 4 aromatic rings. The van der Waals surface area contributed by atoms with Gasteiger partial charge in [0.25, 0.3) is 5.91 Å². The van der Waals surface area contributed by atoms with Crippen LogP contribution >= 0.6 is 23.6 Å². The molecule has 0 saturated carbocycles. The molecule has 2 N–H and O–H groups in total. The van der Waals surface area contributed by atoms with Crippen LogP contribution in [0.25, 0.3) is 5.69 Å². The van der Waals surface area contributed by atoms with Crippen molar-refractivity contribution in [3.63, 3.8) is 0 Å². The smallest absolute Gasteiger partial charge is 0.279 e. The average molecular weight is 425 g/mol. The number of hydrogen-bond donors (Lipinski definition) is 2. The Labute approximate surface area is 174 Å². The van der Waals surface area contributed by atoms with Crippen molar-refractivity contribution in [2.45, 2.75) is 13.0 Å². The Kier molecular flexibility index (Phi) is 5.40. The van der Waals surface area contributed by atoms with Crippen molar-refractivity contribution in [1.82, 2.24) is 34.7 Å². The van der Waals surface area contributed by atoms with E-state index in [0.717, 1.165) is 17.2 Å². The van der Waals surface area contributed by atoms with Crippen LogP contribution in [-0.4, -0.2) is 40.6 Å². The van der Waals surface area contributed by atoms with E-state index in [0.29, 0.717) is 22.9 Å². The fraction of sp³-hybridized carbons (Fsp3) is 0.111. The van der Waals surface area contributed by atoms with Gasteiger partial charge in [-0.05, 0) is 24.4 Å². The van der Waals surface area contributed by atoms with E-state index in [1.165, 1.54) is 22.3 Å². The summed E-state index contributed by atoms with van der Waals surface area (Å²) in [5.41, 5.74) is 1.76. The molecule has 0 aliphatic carbocycles. The number of benzene rings is 1. The minimum absolute atomic E-state index is 0.206. The van der Waals surface area contributed by atoms with Crippen LogP contribution in [0.2, 0.25) is 0 Å². The molecule has 0 radical (unpaired) electrons. The molecule has 1 aromatic carbocycles. The molecule has 11 heteroatoms. The maximum Gasteiger partial charge on any atom is 0.279 e. The van der Waals surface area contributed by atoms with Crippen LogP contribution in [-0.2, 0) is 13.0 Å². The van der Waals surface area contributed by atoms with Gasteiger partial charge in [-0.25, -0.2) is 4.98 Å². The van der Waals surface area contributed by atoms with Gasteiger partial charge in [0.05, 0.1) is 24.0 Å². The first-order valence-corrected chi connectivity index (χ1v) is 9.91. The van der Waals surface area contributed by atoms with E-state index in [-0.39, 0.29) is 11.6 Å². The third-order valence-corrected chi connectivity index (χ3v) is 5.09. The van der Waals surface area contributed by atoms with Crippen molar-refractivity contribution in [2.24, 2.45) is 0 Å². The second-order valence-electron chi connectivity index (χ2n) is 5.97. The number of allylic oxidation sites excluding steroid dienone is 1. The van der Waals surface area contributed by atoms with E-state index in [2.05, 4.69) is 37.3 Å². The zero-order valence-corrected chi connectivity index (χ0v) is 16.8. The Hall–Kier alpha value is -3.44. The largest absolute Gasteiger partial charge is 0.300 e. The summed E-state index contributed by atoms with van der Waals surface area (Å²) in [5, 5.41) is 20.5. The summed E-state index contributed by atoms with van der Waals surface area (Å²) in [5.74, 6) is 0.381. The Morgan fingerprint density at radius 3 is 2.97 bits per heavy atom. The number of carbonyl (C=O) groups excluding carboxylic acids is 1. The molecule has 3 heterocycles. The van der Waals surface area contributed by atoms with Gasteiger partial charge in [-0.15, -0.1) is 23.0 Å². The summed E-state index contributed by atoms with van der Waals surface area (Å²) in [6.45, 7) is 4.29. The normalized spacial score (nSPS) is 10.8. The maximum absolute atomic E-state index is 12.5. The molecule has 0 aliphatic rings. The number of nitrogens with one attached hydrogen (secondary N) is 2. The lowest BCUT2D eigenvalue weighted by atomic mass is 10.3. The van der Waals surface area contributed by atoms with Crippen LogP contribution < -0.4 is 5.32 Å². The summed E-state index contributed by atoms with van der Waals surface area (Å²) in [7, 11) is 0. The third kappa shape index (κ3) is 4.20. The van der Waals surface area contributed by atoms with E-state index in [4.69, 9.17) is 12.2 Å². The van der Waals surface area contributed by atoms with E-state index in [9.17, 15) is 4.79 Å². The minimum atomic E-state index is -0.373. The van der Waals surface area contributed by atoms with Gasteiger partial charge in [0, 0.05) is 11.9 Å². The number of hydrogen-bond acceptors (Lipinski definition) is 7. The molecule has 0 bridgehead atoms. The van der Waals surface area contributed by atoms with E-state index < -0.39 is 0 Å². The molecule has 29 heavy (non-hydrogen) atoms. The number of H-pyrrole nitrogens is 1. The summed E-state index contributed by atoms with van der Waals surface area (Å²) in [4.78, 5) is 18.3. The fourth-order valence-electron chi connectivity index (χ4n) is 2.62. The van der Waals surface area contributed by atoms with Crippen LogP contribution in [0.15, 0.2) is 54.6 Å². The lowest BCUT2D eigenvalue weighted by Crippen LogP contribution is -2.13. The molecular formula is C18H16N8OS2. The van der Waals surface area contributed by atoms with Gasteiger partial charge in [0.1, 0.15) is 5.82 Å². The zero-order chi connectivity index (χ0) is 20.2. The summed E-state index contributed by atoms with van der Waals surface area (Å²) < 4.78 is 2.38. The fourth-order valence-corrected chi connectivity index (χ4v) is 3.56. The number of rotatable bonds is 7. The topological polar surface area (TPSA) is 106 Å². The molecule has 1 amide bonds. The number of thiazole rings is 1. The Morgan fingerprint density at radius 2 is 2.17 bits per heavy atom. The van der Waals surface area contributed by atoms with Gasteiger partial charge in [0.15, 0.2) is 15.6 Å². The molecule has 0 fully saturated rings. The van der Waals surface area contributed by atoms with Gasteiger partial charge < -0.3 is 0 Å². The van der Waals surface area contributed by atoms with Crippen molar-refractivity contribution in [3.05, 3.63) is 76.5 Å². The summed E-state index contributed by atoms with van der Waals surface area (Å²) in [6, 6.07) is 9.37. The molecule has 146 valence electrons.